The first kappa shape index (κ1) is 11.6. The van der Waals surface area contributed by atoms with Gasteiger partial charge in [0.2, 0.25) is 0 Å². The summed E-state index contributed by atoms with van der Waals surface area (Å²) in [5.41, 5.74) is 7.81. The lowest BCUT2D eigenvalue weighted by molar-refractivity contribution is 0.193. The van der Waals surface area contributed by atoms with E-state index in [4.69, 9.17) is 10.5 Å². The molecule has 1 aliphatic rings. The van der Waals surface area contributed by atoms with E-state index in [2.05, 4.69) is 20.3 Å². The van der Waals surface area contributed by atoms with Gasteiger partial charge in [-0.05, 0) is 13.3 Å². The van der Waals surface area contributed by atoms with Crippen molar-refractivity contribution in [3.8, 4) is 10.6 Å². The largest absolute Gasteiger partial charge is 0.383 e. The zero-order valence-electron chi connectivity index (χ0n) is 10.1. The van der Waals surface area contributed by atoms with Gasteiger partial charge in [-0.2, -0.15) is 0 Å². The molecule has 0 bridgehead atoms. The molecule has 0 radical (unpaired) electrons. The van der Waals surface area contributed by atoms with Crippen molar-refractivity contribution in [2.45, 2.75) is 19.3 Å². The van der Waals surface area contributed by atoms with E-state index in [0.29, 0.717) is 17.6 Å². The van der Waals surface area contributed by atoms with Crippen molar-refractivity contribution in [3.63, 3.8) is 0 Å². The number of aryl methyl sites for hydroxylation is 1. The van der Waals surface area contributed by atoms with Crippen molar-refractivity contribution in [1.82, 2.24) is 15.0 Å². The Kier molecular flexibility index (Phi) is 2.97. The molecule has 1 unspecified atom stereocenters. The first-order valence-corrected chi connectivity index (χ1v) is 6.74. The lowest BCUT2D eigenvalue weighted by Gasteiger charge is -2.03. The van der Waals surface area contributed by atoms with Crippen LogP contribution in [0.5, 0.6) is 0 Å². The van der Waals surface area contributed by atoms with Gasteiger partial charge in [0.1, 0.15) is 16.6 Å². The predicted molar refractivity (Wildman–Crippen MR) is 70.5 cm³/mol. The number of rotatable bonds is 2. The summed E-state index contributed by atoms with van der Waals surface area (Å²) in [6.45, 7) is 3.42. The molecular formula is C12H14N4OS. The van der Waals surface area contributed by atoms with Crippen molar-refractivity contribution in [2.75, 3.05) is 18.9 Å². The highest BCUT2D eigenvalue weighted by Gasteiger charge is 2.21. The number of nitrogens with two attached hydrogens (primary N) is 1. The molecular weight excluding hydrogens is 248 g/mol. The van der Waals surface area contributed by atoms with Crippen LogP contribution in [0.1, 0.15) is 23.9 Å². The quantitative estimate of drug-likeness (QED) is 0.896. The van der Waals surface area contributed by atoms with E-state index in [9.17, 15) is 0 Å². The Morgan fingerprint density at radius 3 is 3.06 bits per heavy atom. The molecule has 0 spiro atoms. The average Bonchev–Trinajstić information content (AvgIpc) is 2.99. The van der Waals surface area contributed by atoms with Gasteiger partial charge >= 0.3 is 0 Å². The SMILES string of the molecule is Cc1ncc(-c2nc(C3CCOC3)cs2)c(N)n1. The lowest BCUT2D eigenvalue weighted by Crippen LogP contribution is -2.00. The molecule has 1 saturated heterocycles. The highest BCUT2D eigenvalue weighted by atomic mass is 32.1. The normalized spacial score (nSPS) is 19.3. The molecule has 2 aromatic rings. The fraction of sp³-hybridized carbons (Fsp3) is 0.417. The van der Waals surface area contributed by atoms with Gasteiger partial charge in [0.05, 0.1) is 17.9 Å². The Balaban J connectivity index is 1.92. The first-order valence-electron chi connectivity index (χ1n) is 5.86. The molecule has 0 saturated carbocycles. The smallest absolute Gasteiger partial charge is 0.137 e. The molecule has 1 aliphatic heterocycles. The van der Waals surface area contributed by atoms with E-state index < -0.39 is 0 Å². The summed E-state index contributed by atoms with van der Waals surface area (Å²) in [5, 5.41) is 2.96. The van der Waals surface area contributed by atoms with Crippen LogP contribution in [-0.4, -0.2) is 28.2 Å². The highest BCUT2D eigenvalue weighted by Crippen LogP contribution is 2.32. The minimum atomic E-state index is 0.419. The van der Waals surface area contributed by atoms with Crippen molar-refractivity contribution < 1.29 is 4.74 Å². The maximum atomic E-state index is 5.91. The molecule has 5 nitrogen and oxygen atoms in total. The van der Waals surface area contributed by atoms with Crippen molar-refractivity contribution in [2.24, 2.45) is 0 Å². The van der Waals surface area contributed by atoms with Crippen LogP contribution in [0.15, 0.2) is 11.6 Å². The number of hydrogen-bond acceptors (Lipinski definition) is 6. The van der Waals surface area contributed by atoms with Gasteiger partial charge in [-0.15, -0.1) is 11.3 Å². The van der Waals surface area contributed by atoms with Crippen LogP contribution in [0.25, 0.3) is 10.6 Å². The molecule has 2 aromatic heterocycles. The van der Waals surface area contributed by atoms with Gasteiger partial charge in [-0.25, -0.2) is 15.0 Å². The zero-order chi connectivity index (χ0) is 12.5. The fourth-order valence-electron chi connectivity index (χ4n) is 2.02. The monoisotopic (exact) mass is 262 g/mol. The second-order valence-corrected chi connectivity index (χ2v) is 5.21. The molecule has 3 heterocycles. The Morgan fingerprint density at radius 1 is 1.44 bits per heavy atom. The number of thiazole rings is 1. The van der Waals surface area contributed by atoms with E-state index in [1.807, 2.05) is 6.92 Å². The zero-order valence-corrected chi connectivity index (χ0v) is 10.9. The van der Waals surface area contributed by atoms with Gasteiger partial charge in [-0.1, -0.05) is 0 Å². The van der Waals surface area contributed by atoms with Gasteiger partial charge in [0.15, 0.2) is 0 Å². The van der Waals surface area contributed by atoms with E-state index in [1.165, 1.54) is 0 Å². The topological polar surface area (TPSA) is 73.9 Å². The number of aromatic nitrogens is 3. The predicted octanol–water partition coefficient (Wildman–Crippen LogP) is 1.99. The summed E-state index contributed by atoms with van der Waals surface area (Å²) in [7, 11) is 0. The standard InChI is InChI=1S/C12H14N4OS/c1-7-14-4-9(11(13)15-7)12-16-10(6-18-12)8-2-3-17-5-8/h4,6,8H,2-3,5H2,1H3,(H2,13,14,15). The molecule has 2 N–H and O–H groups in total. The number of hydrogen-bond donors (Lipinski definition) is 1. The van der Waals surface area contributed by atoms with Crippen molar-refractivity contribution >= 4 is 17.2 Å². The van der Waals surface area contributed by atoms with Crippen LogP contribution in [0.3, 0.4) is 0 Å². The molecule has 18 heavy (non-hydrogen) atoms. The number of nitrogens with zero attached hydrogens (tertiary/aromatic N) is 3. The summed E-state index contributed by atoms with van der Waals surface area (Å²) in [5.74, 6) is 1.59. The summed E-state index contributed by atoms with van der Waals surface area (Å²) in [6.07, 6.45) is 2.79. The van der Waals surface area contributed by atoms with Gasteiger partial charge in [-0.3, -0.25) is 0 Å². The second kappa shape index (κ2) is 4.62. The van der Waals surface area contributed by atoms with Gasteiger partial charge < -0.3 is 10.5 Å². The van der Waals surface area contributed by atoms with Crippen molar-refractivity contribution in [1.29, 1.82) is 0 Å². The summed E-state index contributed by atoms with van der Waals surface area (Å²) < 4.78 is 5.38. The summed E-state index contributed by atoms with van der Waals surface area (Å²) in [4.78, 5) is 13.0. The molecule has 0 aliphatic carbocycles. The third-order valence-corrected chi connectivity index (χ3v) is 3.93. The van der Waals surface area contributed by atoms with Gasteiger partial charge in [0.25, 0.3) is 0 Å². The van der Waals surface area contributed by atoms with Gasteiger partial charge in [0, 0.05) is 24.1 Å². The molecule has 3 rings (SSSR count). The van der Waals surface area contributed by atoms with Crippen LogP contribution in [0.4, 0.5) is 5.82 Å². The number of nitrogen functional groups attached to an aromatic ring is 1. The van der Waals surface area contributed by atoms with E-state index in [-0.39, 0.29) is 0 Å². The molecule has 0 aromatic carbocycles. The van der Waals surface area contributed by atoms with Crippen molar-refractivity contribution in [3.05, 3.63) is 23.1 Å². The number of ether oxygens (including phenoxy) is 1. The van der Waals surface area contributed by atoms with Crippen LogP contribution in [0, 0.1) is 6.92 Å². The van der Waals surface area contributed by atoms with Crippen LogP contribution in [0.2, 0.25) is 0 Å². The molecule has 6 heteroatoms. The summed E-state index contributed by atoms with van der Waals surface area (Å²) >= 11 is 1.58. The fourth-order valence-corrected chi connectivity index (χ4v) is 2.94. The summed E-state index contributed by atoms with van der Waals surface area (Å²) in [6, 6.07) is 0. The number of anilines is 1. The third-order valence-electron chi connectivity index (χ3n) is 3.04. The Hall–Kier alpha value is -1.53. The second-order valence-electron chi connectivity index (χ2n) is 4.35. The molecule has 1 atom stereocenters. The third kappa shape index (κ3) is 2.09. The molecule has 1 fully saturated rings. The van der Waals surface area contributed by atoms with E-state index in [1.54, 1.807) is 17.5 Å². The van der Waals surface area contributed by atoms with Crippen LogP contribution in [-0.2, 0) is 4.74 Å². The minimum Gasteiger partial charge on any atom is -0.383 e. The lowest BCUT2D eigenvalue weighted by atomic mass is 10.1. The molecule has 0 amide bonds. The Bertz CT molecular complexity index is 563. The Morgan fingerprint density at radius 2 is 2.33 bits per heavy atom. The van der Waals surface area contributed by atoms with E-state index >= 15 is 0 Å². The first-order chi connectivity index (χ1) is 8.74. The maximum Gasteiger partial charge on any atom is 0.137 e. The Labute approximate surface area is 109 Å². The minimum absolute atomic E-state index is 0.419. The van der Waals surface area contributed by atoms with Crippen LogP contribution >= 0.6 is 11.3 Å². The molecule has 94 valence electrons. The highest BCUT2D eigenvalue weighted by molar-refractivity contribution is 7.13. The van der Waals surface area contributed by atoms with E-state index in [0.717, 1.165) is 35.9 Å². The average molecular weight is 262 g/mol. The maximum absolute atomic E-state index is 5.91. The van der Waals surface area contributed by atoms with Crippen LogP contribution < -0.4 is 5.73 Å².